The van der Waals surface area contributed by atoms with Crippen LogP contribution in [0.25, 0.3) is 11.6 Å². The summed E-state index contributed by atoms with van der Waals surface area (Å²) in [6.45, 7) is 3.34. The fourth-order valence-electron chi connectivity index (χ4n) is 1.19. The normalized spacial score (nSPS) is 10.7. The van der Waals surface area contributed by atoms with Crippen molar-refractivity contribution in [3.8, 4) is 11.6 Å². The van der Waals surface area contributed by atoms with Crippen molar-refractivity contribution in [3.63, 3.8) is 0 Å². The van der Waals surface area contributed by atoms with E-state index in [0.29, 0.717) is 11.6 Å². The minimum Gasteiger partial charge on any atom is -0.458 e. The van der Waals surface area contributed by atoms with Crippen molar-refractivity contribution in [3.05, 3.63) is 34.6 Å². The Morgan fingerprint density at radius 2 is 2.00 bits per heavy atom. The van der Waals surface area contributed by atoms with Gasteiger partial charge in [-0.2, -0.15) is 0 Å². The summed E-state index contributed by atoms with van der Waals surface area (Å²) in [5, 5.41) is -0.188. The first-order chi connectivity index (χ1) is 7.08. The average Bonchev–Trinajstić information content (AvgIpc) is 2.60. The van der Waals surface area contributed by atoms with Gasteiger partial charge in [-0.15, -0.1) is 0 Å². The number of rotatable bonds is 1. The van der Waals surface area contributed by atoms with Crippen LogP contribution in [0.4, 0.5) is 4.39 Å². The summed E-state index contributed by atoms with van der Waals surface area (Å²) in [5.74, 6) is 0.930. The Balaban J connectivity index is 2.55. The molecule has 0 saturated heterocycles. The predicted octanol–water partition coefficient (Wildman–Crippen LogP) is 3.15. The van der Waals surface area contributed by atoms with E-state index in [1.165, 1.54) is 6.92 Å². The molecule has 0 N–H and O–H groups in total. The lowest BCUT2D eigenvalue weighted by molar-refractivity contribution is 0.541. The van der Waals surface area contributed by atoms with Crippen molar-refractivity contribution in [2.24, 2.45) is 0 Å². The third kappa shape index (κ3) is 1.85. The molecule has 0 saturated carbocycles. The summed E-state index contributed by atoms with van der Waals surface area (Å²) >= 11 is 5.61. The van der Waals surface area contributed by atoms with Crippen LogP contribution in [0.1, 0.15) is 11.5 Å². The van der Waals surface area contributed by atoms with Gasteiger partial charge in [0, 0.05) is 0 Å². The zero-order valence-electron chi connectivity index (χ0n) is 8.21. The van der Waals surface area contributed by atoms with E-state index in [4.69, 9.17) is 16.0 Å². The maximum absolute atomic E-state index is 13.1. The zero-order valence-corrected chi connectivity index (χ0v) is 8.97. The first-order valence-corrected chi connectivity index (χ1v) is 4.72. The van der Waals surface area contributed by atoms with Gasteiger partial charge in [0.1, 0.15) is 5.76 Å². The first kappa shape index (κ1) is 10.1. The summed E-state index contributed by atoms with van der Waals surface area (Å²) < 4.78 is 18.5. The molecule has 0 aromatic carbocycles. The molecule has 0 radical (unpaired) electrons. The number of halogens is 2. The standard InChI is InChI=1S/C10H8ClFN2O/c1-5-3-4-7(15-5)10-13-6(2)8(12)9(11)14-10/h3-4H,1-2H3. The number of nitrogens with zero attached hydrogens (tertiary/aromatic N) is 2. The van der Waals surface area contributed by atoms with E-state index in [1.54, 1.807) is 12.1 Å². The van der Waals surface area contributed by atoms with E-state index in [-0.39, 0.29) is 10.8 Å². The van der Waals surface area contributed by atoms with Crippen LogP contribution in [0.5, 0.6) is 0 Å². The van der Waals surface area contributed by atoms with E-state index in [1.807, 2.05) is 6.92 Å². The molecule has 2 aromatic heterocycles. The Hall–Kier alpha value is -1.42. The third-order valence-electron chi connectivity index (χ3n) is 1.94. The highest BCUT2D eigenvalue weighted by Crippen LogP contribution is 2.22. The van der Waals surface area contributed by atoms with Crippen LogP contribution >= 0.6 is 11.6 Å². The molecule has 0 aliphatic heterocycles. The molecule has 0 bridgehead atoms. The molecule has 0 fully saturated rings. The number of hydrogen-bond acceptors (Lipinski definition) is 3. The predicted molar refractivity (Wildman–Crippen MR) is 54.2 cm³/mol. The summed E-state index contributed by atoms with van der Waals surface area (Å²) in [4.78, 5) is 7.76. The monoisotopic (exact) mass is 226 g/mol. The van der Waals surface area contributed by atoms with Gasteiger partial charge in [0.2, 0.25) is 0 Å². The Morgan fingerprint density at radius 3 is 2.53 bits per heavy atom. The molecule has 5 heteroatoms. The van der Waals surface area contributed by atoms with Gasteiger partial charge < -0.3 is 4.42 Å². The average molecular weight is 227 g/mol. The minimum absolute atomic E-state index is 0.188. The van der Waals surface area contributed by atoms with Crippen LogP contribution < -0.4 is 0 Å². The van der Waals surface area contributed by atoms with Crippen molar-refractivity contribution >= 4 is 11.6 Å². The van der Waals surface area contributed by atoms with Gasteiger partial charge >= 0.3 is 0 Å². The van der Waals surface area contributed by atoms with Crippen LogP contribution in [0, 0.1) is 19.7 Å². The van der Waals surface area contributed by atoms with Crippen molar-refractivity contribution in [2.75, 3.05) is 0 Å². The molecule has 0 amide bonds. The van der Waals surface area contributed by atoms with Crippen LogP contribution in [-0.4, -0.2) is 9.97 Å². The third-order valence-corrected chi connectivity index (χ3v) is 2.19. The van der Waals surface area contributed by atoms with Gasteiger partial charge in [0.05, 0.1) is 5.69 Å². The molecule has 0 atom stereocenters. The van der Waals surface area contributed by atoms with E-state index >= 15 is 0 Å². The van der Waals surface area contributed by atoms with E-state index in [9.17, 15) is 4.39 Å². The Morgan fingerprint density at radius 1 is 1.27 bits per heavy atom. The van der Waals surface area contributed by atoms with Crippen LogP contribution in [0.15, 0.2) is 16.5 Å². The van der Waals surface area contributed by atoms with Gasteiger partial charge in [-0.25, -0.2) is 14.4 Å². The highest BCUT2D eigenvalue weighted by Gasteiger charge is 2.12. The number of furan rings is 1. The molecule has 15 heavy (non-hydrogen) atoms. The maximum Gasteiger partial charge on any atom is 0.197 e. The Kier molecular flexibility index (Phi) is 2.44. The van der Waals surface area contributed by atoms with E-state index in [2.05, 4.69) is 9.97 Å². The molecule has 0 spiro atoms. The van der Waals surface area contributed by atoms with Gasteiger partial charge in [0.15, 0.2) is 22.6 Å². The number of hydrogen-bond donors (Lipinski definition) is 0. The largest absolute Gasteiger partial charge is 0.458 e. The molecule has 3 nitrogen and oxygen atoms in total. The summed E-state index contributed by atoms with van der Waals surface area (Å²) in [5.41, 5.74) is 0.207. The van der Waals surface area contributed by atoms with Gasteiger partial charge in [-0.3, -0.25) is 0 Å². The molecular formula is C10H8ClFN2O. The lowest BCUT2D eigenvalue weighted by Crippen LogP contribution is -1.96. The second kappa shape index (κ2) is 3.62. The lowest BCUT2D eigenvalue weighted by Gasteiger charge is -2.00. The molecule has 0 aliphatic rings. The van der Waals surface area contributed by atoms with Crippen LogP contribution in [0.3, 0.4) is 0 Å². The Labute approximate surface area is 90.9 Å². The van der Waals surface area contributed by atoms with Crippen molar-refractivity contribution in [1.29, 1.82) is 0 Å². The number of aryl methyl sites for hydroxylation is 2. The SMILES string of the molecule is Cc1ccc(-c2nc(C)c(F)c(Cl)n2)o1. The molecule has 2 heterocycles. The topological polar surface area (TPSA) is 38.9 Å². The second-order valence-electron chi connectivity index (χ2n) is 3.15. The van der Waals surface area contributed by atoms with Crippen LogP contribution in [0.2, 0.25) is 5.15 Å². The zero-order chi connectivity index (χ0) is 11.0. The minimum atomic E-state index is -0.594. The lowest BCUT2D eigenvalue weighted by atomic mass is 10.3. The quantitative estimate of drug-likeness (QED) is 0.702. The smallest absolute Gasteiger partial charge is 0.197 e. The van der Waals surface area contributed by atoms with E-state index < -0.39 is 5.82 Å². The van der Waals surface area contributed by atoms with E-state index in [0.717, 1.165) is 5.76 Å². The molecule has 78 valence electrons. The highest BCUT2D eigenvalue weighted by atomic mass is 35.5. The van der Waals surface area contributed by atoms with Gasteiger partial charge in [0.25, 0.3) is 0 Å². The highest BCUT2D eigenvalue weighted by molar-refractivity contribution is 6.29. The summed E-state index contributed by atoms with van der Waals surface area (Å²) in [7, 11) is 0. The van der Waals surface area contributed by atoms with Gasteiger partial charge in [-0.05, 0) is 26.0 Å². The van der Waals surface area contributed by atoms with Crippen molar-refractivity contribution < 1.29 is 8.81 Å². The van der Waals surface area contributed by atoms with Crippen molar-refractivity contribution in [2.45, 2.75) is 13.8 Å². The fourth-order valence-corrected chi connectivity index (χ4v) is 1.41. The molecule has 2 aromatic rings. The molecule has 2 rings (SSSR count). The second-order valence-corrected chi connectivity index (χ2v) is 3.51. The fraction of sp³-hybridized carbons (Fsp3) is 0.200. The summed E-state index contributed by atoms with van der Waals surface area (Å²) in [6.07, 6.45) is 0. The first-order valence-electron chi connectivity index (χ1n) is 4.34. The number of aromatic nitrogens is 2. The van der Waals surface area contributed by atoms with Crippen molar-refractivity contribution in [1.82, 2.24) is 9.97 Å². The Bertz CT molecular complexity index is 487. The molecule has 0 aliphatic carbocycles. The van der Waals surface area contributed by atoms with Gasteiger partial charge in [-0.1, -0.05) is 11.6 Å². The summed E-state index contributed by atoms with van der Waals surface area (Å²) in [6, 6.07) is 3.50. The van der Waals surface area contributed by atoms with Crippen LogP contribution in [-0.2, 0) is 0 Å². The molecule has 0 unspecified atom stereocenters. The maximum atomic E-state index is 13.1. The molecular weight excluding hydrogens is 219 g/mol.